The lowest BCUT2D eigenvalue weighted by Gasteiger charge is -2.11. The van der Waals surface area contributed by atoms with Crippen molar-refractivity contribution in [1.82, 2.24) is 10.6 Å². The number of nitrogens with zero attached hydrogens (tertiary/aromatic N) is 1. The number of carbonyl (C=O) groups is 2. The van der Waals surface area contributed by atoms with E-state index in [1.807, 2.05) is 45.0 Å². The topological polar surface area (TPSA) is 79.8 Å². The summed E-state index contributed by atoms with van der Waals surface area (Å²) >= 11 is 0. The highest BCUT2D eigenvalue weighted by molar-refractivity contribution is 6.04. The van der Waals surface area contributed by atoms with Crippen molar-refractivity contribution < 1.29 is 14.4 Å². The van der Waals surface area contributed by atoms with Crippen LogP contribution >= 0.6 is 0 Å². The van der Waals surface area contributed by atoms with Crippen molar-refractivity contribution in [2.45, 2.75) is 45.8 Å². The van der Waals surface area contributed by atoms with Crippen LogP contribution in [0.15, 0.2) is 29.4 Å². The Bertz CT molecular complexity index is 594. The minimum Gasteiger partial charge on any atom is -0.382 e. The molecule has 0 fully saturated rings. The van der Waals surface area contributed by atoms with Gasteiger partial charge in [0.2, 0.25) is 12.0 Å². The Balaban J connectivity index is 1.76. The van der Waals surface area contributed by atoms with Gasteiger partial charge in [0, 0.05) is 25.4 Å². The molecule has 124 valence electrons. The molecule has 1 aliphatic rings. The number of aryl methyl sites for hydroxylation is 1. The molecule has 6 nitrogen and oxygen atoms in total. The lowest BCUT2D eigenvalue weighted by atomic mass is 10.0. The van der Waals surface area contributed by atoms with Crippen molar-refractivity contribution in [3.63, 3.8) is 0 Å². The van der Waals surface area contributed by atoms with Gasteiger partial charge in [0.25, 0.3) is 5.91 Å². The number of hydrogen-bond donors (Lipinski definition) is 2. The fourth-order valence-electron chi connectivity index (χ4n) is 2.24. The van der Waals surface area contributed by atoms with Crippen LogP contribution in [0.5, 0.6) is 0 Å². The Morgan fingerprint density at radius 3 is 2.65 bits per heavy atom. The van der Waals surface area contributed by atoms with Crippen molar-refractivity contribution in [2.75, 3.05) is 6.54 Å². The van der Waals surface area contributed by atoms with Gasteiger partial charge in [-0.15, -0.1) is 0 Å². The van der Waals surface area contributed by atoms with Gasteiger partial charge in [-0.3, -0.25) is 9.59 Å². The van der Waals surface area contributed by atoms with E-state index in [0.29, 0.717) is 6.42 Å². The third kappa shape index (κ3) is 5.09. The first-order valence-electron chi connectivity index (χ1n) is 7.82. The molecule has 0 saturated heterocycles. The third-order valence-electron chi connectivity index (χ3n) is 3.45. The Kier molecular flexibility index (Phi) is 5.73. The van der Waals surface area contributed by atoms with E-state index in [-0.39, 0.29) is 30.8 Å². The molecular formula is C17H23N3O3. The van der Waals surface area contributed by atoms with Crippen molar-refractivity contribution >= 4 is 17.5 Å². The maximum atomic E-state index is 12.0. The van der Waals surface area contributed by atoms with Gasteiger partial charge in [-0.1, -0.05) is 35.0 Å². The Morgan fingerprint density at radius 2 is 2.00 bits per heavy atom. The number of hydrogen-bond acceptors (Lipinski definition) is 4. The lowest BCUT2D eigenvalue weighted by Crippen LogP contribution is -2.38. The van der Waals surface area contributed by atoms with Crippen molar-refractivity contribution in [3.8, 4) is 0 Å². The minimum atomic E-state index is -0.625. The van der Waals surface area contributed by atoms with Crippen LogP contribution in [0, 0.1) is 6.92 Å². The Morgan fingerprint density at radius 1 is 1.30 bits per heavy atom. The SMILES string of the molecule is Cc1ccc(C2=NOC(C(=O)NCCC(=O)NC(C)C)C2)cc1. The molecule has 0 aromatic heterocycles. The number of amides is 2. The monoisotopic (exact) mass is 317 g/mol. The summed E-state index contributed by atoms with van der Waals surface area (Å²) in [4.78, 5) is 28.8. The molecule has 0 saturated carbocycles. The molecular weight excluding hydrogens is 294 g/mol. The van der Waals surface area contributed by atoms with Crippen molar-refractivity contribution in [1.29, 1.82) is 0 Å². The molecule has 1 atom stereocenters. The van der Waals surface area contributed by atoms with Crippen LogP contribution in [0.2, 0.25) is 0 Å². The second-order valence-electron chi connectivity index (χ2n) is 5.97. The smallest absolute Gasteiger partial charge is 0.264 e. The van der Waals surface area contributed by atoms with E-state index in [9.17, 15) is 9.59 Å². The summed E-state index contributed by atoms with van der Waals surface area (Å²) in [6, 6.07) is 8.03. The van der Waals surface area contributed by atoms with Crippen LogP contribution in [0.1, 0.15) is 37.8 Å². The maximum absolute atomic E-state index is 12.0. The van der Waals surface area contributed by atoms with E-state index >= 15 is 0 Å². The van der Waals surface area contributed by atoms with Crippen LogP contribution in [0.4, 0.5) is 0 Å². The van der Waals surface area contributed by atoms with E-state index < -0.39 is 6.10 Å². The van der Waals surface area contributed by atoms with E-state index in [4.69, 9.17) is 4.84 Å². The number of oxime groups is 1. The highest BCUT2D eigenvalue weighted by Gasteiger charge is 2.28. The van der Waals surface area contributed by atoms with Gasteiger partial charge in [-0.25, -0.2) is 0 Å². The first-order valence-corrected chi connectivity index (χ1v) is 7.82. The van der Waals surface area contributed by atoms with Crippen LogP contribution in [-0.4, -0.2) is 36.2 Å². The van der Waals surface area contributed by atoms with Gasteiger partial charge < -0.3 is 15.5 Å². The summed E-state index contributed by atoms with van der Waals surface area (Å²) in [5, 5.41) is 9.48. The lowest BCUT2D eigenvalue weighted by molar-refractivity contribution is -0.131. The second kappa shape index (κ2) is 7.76. The zero-order valence-electron chi connectivity index (χ0n) is 13.8. The highest BCUT2D eigenvalue weighted by Crippen LogP contribution is 2.17. The Labute approximate surface area is 136 Å². The van der Waals surface area contributed by atoms with E-state index in [1.165, 1.54) is 5.56 Å². The molecule has 2 N–H and O–H groups in total. The highest BCUT2D eigenvalue weighted by atomic mass is 16.6. The predicted octanol–water partition coefficient (Wildman–Crippen LogP) is 1.52. The number of carbonyl (C=O) groups excluding carboxylic acids is 2. The summed E-state index contributed by atoms with van der Waals surface area (Å²) in [6.45, 7) is 6.10. The predicted molar refractivity (Wildman–Crippen MR) is 88.1 cm³/mol. The molecule has 1 aromatic rings. The second-order valence-corrected chi connectivity index (χ2v) is 5.97. The van der Waals surface area contributed by atoms with Crippen LogP contribution in [-0.2, 0) is 14.4 Å². The molecule has 1 aliphatic heterocycles. The summed E-state index contributed by atoms with van der Waals surface area (Å²) < 4.78 is 0. The molecule has 2 rings (SSSR count). The average molecular weight is 317 g/mol. The Hall–Kier alpha value is -2.37. The van der Waals surface area contributed by atoms with Gasteiger partial charge in [0.1, 0.15) is 0 Å². The van der Waals surface area contributed by atoms with Crippen LogP contribution in [0.3, 0.4) is 0 Å². The van der Waals surface area contributed by atoms with E-state index in [0.717, 1.165) is 11.3 Å². The normalized spacial score (nSPS) is 16.7. The molecule has 0 bridgehead atoms. The maximum Gasteiger partial charge on any atom is 0.264 e. The van der Waals surface area contributed by atoms with Crippen LogP contribution < -0.4 is 10.6 Å². The number of nitrogens with one attached hydrogen (secondary N) is 2. The minimum absolute atomic E-state index is 0.0794. The molecule has 0 radical (unpaired) electrons. The van der Waals surface area contributed by atoms with E-state index in [1.54, 1.807) is 0 Å². The number of rotatable bonds is 6. The van der Waals surface area contributed by atoms with Gasteiger partial charge in [0.05, 0.1) is 5.71 Å². The van der Waals surface area contributed by atoms with Crippen molar-refractivity contribution in [3.05, 3.63) is 35.4 Å². The van der Waals surface area contributed by atoms with Gasteiger partial charge in [-0.05, 0) is 26.3 Å². The molecule has 1 aromatic carbocycles. The fraction of sp³-hybridized carbons (Fsp3) is 0.471. The zero-order chi connectivity index (χ0) is 16.8. The molecule has 0 spiro atoms. The summed E-state index contributed by atoms with van der Waals surface area (Å²) in [5.74, 6) is -0.322. The first kappa shape index (κ1) is 17.0. The largest absolute Gasteiger partial charge is 0.382 e. The third-order valence-corrected chi connectivity index (χ3v) is 3.45. The zero-order valence-corrected chi connectivity index (χ0v) is 13.8. The van der Waals surface area contributed by atoms with Crippen molar-refractivity contribution in [2.24, 2.45) is 5.16 Å². The van der Waals surface area contributed by atoms with Gasteiger partial charge in [0.15, 0.2) is 0 Å². The quantitative estimate of drug-likeness (QED) is 0.835. The molecule has 2 amide bonds. The first-order chi connectivity index (χ1) is 11.0. The molecule has 6 heteroatoms. The van der Waals surface area contributed by atoms with Gasteiger partial charge in [-0.2, -0.15) is 0 Å². The molecule has 1 heterocycles. The van der Waals surface area contributed by atoms with E-state index in [2.05, 4.69) is 15.8 Å². The molecule has 1 unspecified atom stereocenters. The summed E-state index contributed by atoms with van der Waals surface area (Å²) in [7, 11) is 0. The molecule has 0 aliphatic carbocycles. The summed E-state index contributed by atoms with van der Waals surface area (Å²) in [5.41, 5.74) is 2.90. The average Bonchev–Trinajstić information content (AvgIpc) is 2.97. The fourth-order valence-corrected chi connectivity index (χ4v) is 2.24. The standard InChI is InChI=1S/C17H23N3O3/c1-11(2)19-16(21)8-9-18-17(22)15-10-14(20-23-15)13-6-4-12(3)5-7-13/h4-7,11,15H,8-10H2,1-3H3,(H,18,22)(H,19,21). The van der Waals surface area contributed by atoms with Crippen LogP contribution in [0.25, 0.3) is 0 Å². The van der Waals surface area contributed by atoms with Gasteiger partial charge >= 0.3 is 0 Å². The summed E-state index contributed by atoms with van der Waals surface area (Å²) in [6.07, 6.45) is 0.0644. The molecule has 23 heavy (non-hydrogen) atoms. The number of benzene rings is 1.